The number of nitrogens with one attached hydrogen (secondary N) is 3. The van der Waals surface area contributed by atoms with Crippen LogP contribution in [0.4, 0.5) is 15.9 Å². The molecule has 1 amide bonds. The number of anilines is 2. The second kappa shape index (κ2) is 11.5. The van der Waals surface area contributed by atoms with Crippen molar-refractivity contribution in [3.63, 3.8) is 0 Å². The zero-order valence-electron chi connectivity index (χ0n) is 20.4. The average molecular weight is 514 g/mol. The number of fused-ring (bicyclic) bond motifs is 1. The van der Waals surface area contributed by atoms with Crippen molar-refractivity contribution in [1.82, 2.24) is 20.6 Å². The first-order chi connectivity index (χ1) is 17.6. The third kappa shape index (κ3) is 5.77. The summed E-state index contributed by atoms with van der Waals surface area (Å²) in [5.74, 6) is 1.14. The number of thiophene rings is 1. The van der Waals surface area contributed by atoms with Crippen molar-refractivity contribution in [3.05, 3.63) is 40.8 Å². The summed E-state index contributed by atoms with van der Waals surface area (Å²) >= 11 is 1.35. The quantitative estimate of drug-likeness (QED) is 0.361. The molecule has 2 saturated heterocycles. The molecule has 2 aliphatic heterocycles. The molecule has 3 N–H and O–H groups in total. The summed E-state index contributed by atoms with van der Waals surface area (Å²) in [7, 11) is 0. The van der Waals surface area contributed by atoms with Crippen molar-refractivity contribution in [1.29, 1.82) is 0 Å². The minimum absolute atomic E-state index is 0.0223. The molecule has 10 heteroatoms. The second-order valence-electron chi connectivity index (χ2n) is 9.44. The Labute approximate surface area is 214 Å². The Hall–Kier alpha value is -2.82. The van der Waals surface area contributed by atoms with Gasteiger partial charge in [0.25, 0.3) is 5.91 Å². The maximum Gasteiger partial charge on any atom is 0.261 e. The number of nitrogens with zero attached hydrogens (tertiary/aromatic N) is 2. The summed E-state index contributed by atoms with van der Waals surface area (Å²) < 4.78 is 25.6. The van der Waals surface area contributed by atoms with Gasteiger partial charge in [-0.05, 0) is 69.2 Å². The minimum atomic E-state index is -0.363. The molecule has 0 bridgehead atoms. The average Bonchev–Trinajstić information content (AvgIpc) is 3.52. The summed E-state index contributed by atoms with van der Waals surface area (Å²) in [6.45, 7) is 5.91. The van der Waals surface area contributed by atoms with Gasteiger partial charge in [0.1, 0.15) is 34.6 Å². The van der Waals surface area contributed by atoms with Crippen molar-refractivity contribution >= 4 is 39.0 Å². The van der Waals surface area contributed by atoms with Gasteiger partial charge in [0.15, 0.2) is 0 Å². The topological polar surface area (TPSA) is 97.4 Å². The largest absolute Gasteiger partial charge is 0.487 e. The molecule has 2 aromatic heterocycles. The van der Waals surface area contributed by atoms with Crippen LogP contribution in [0.5, 0.6) is 5.75 Å². The van der Waals surface area contributed by atoms with Gasteiger partial charge in [0.05, 0.1) is 16.0 Å². The van der Waals surface area contributed by atoms with Crippen LogP contribution in [0.1, 0.15) is 47.3 Å². The fourth-order valence-corrected chi connectivity index (χ4v) is 5.86. The fourth-order valence-electron chi connectivity index (χ4n) is 4.79. The lowest BCUT2D eigenvalue weighted by atomic mass is 10.0. The Morgan fingerprint density at radius 3 is 3.06 bits per heavy atom. The van der Waals surface area contributed by atoms with Gasteiger partial charge >= 0.3 is 0 Å². The van der Waals surface area contributed by atoms with Crippen LogP contribution in [0.15, 0.2) is 24.5 Å². The second-order valence-corrected chi connectivity index (χ2v) is 10.4. The molecule has 2 unspecified atom stereocenters. The van der Waals surface area contributed by atoms with E-state index in [9.17, 15) is 9.18 Å². The van der Waals surface area contributed by atoms with Crippen LogP contribution in [-0.2, 0) is 4.74 Å². The van der Waals surface area contributed by atoms with E-state index in [1.54, 1.807) is 6.07 Å². The highest BCUT2D eigenvalue weighted by molar-refractivity contribution is 7.20. The number of ether oxygens (including phenoxy) is 2. The van der Waals surface area contributed by atoms with Crippen molar-refractivity contribution in [2.75, 3.05) is 38.2 Å². The van der Waals surface area contributed by atoms with Crippen LogP contribution in [0, 0.1) is 18.7 Å². The lowest BCUT2D eigenvalue weighted by molar-refractivity contribution is 0.0956. The summed E-state index contributed by atoms with van der Waals surface area (Å²) in [5, 5.41) is 10.5. The maximum atomic E-state index is 14.1. The number of hydrogen-bond donors (Lipinski definition) is 3. The lowest BCUT2D eigenvalue weighted by Crippen LogP contribution is -2.37. The maximum absolute atomic E-state index is 14.1. The summed E-state index contributed by atoms with van der Waals surface area (Å²) in [5.41, 5.74) is 1.44. The first-order valence-electron chi connectivity index (χ1n) is 12.6. The van der Waals surface area contributed by atoms with E-state index in [0.717, 1.165) is 74.2 Å². The van der Waals surface area contributed by atoms with E-state index in [4.69, 9.17) is 9.47 Å². The first kappa shape index (κ1) is 24.9. The van der Waals surface area contributed by atoms with Crippen molar-refractivity contribution in [2.45, 2.75) is 45.1 Å². The monoisotopic (exact) mass is 513 g/mol. The predicted octanol–water partition coefficient (Wildman–Crippen LogP) is 4.56. The smallest absolute Gasteiger partial charge is 0.261 e. The molecule has 4 heterocycles. The number of amides is 1. The Bertz CT molecular complexity index is 1210. The molecule has 2 aliphatic rings. The van der Waals surface area contributed by atoms with Crippen LogP contribution in [-0.4, -0.2) is 54.8 Å². The normalized spacial score (nSPS) is 19.9. The fraction of sp³-hybridized carbons (Fsp3) is 0.500. The molecule has 5 rings (SSSR count). The van der Waals surface area contributed by atoms with E-state index in [1.165, 1.54) is 29.8 Å². The molecule has 0 spiro atoms. The molecule has 192 valence electrons. The Balaban J connectivity index is 1.31. The first-order valence-corrected chi connectivity index (χ1v) is 13.4. The summed E-state index contributed by atoms with van der Waals surface area (Å²) in [6.07, 6.45) is 6.48. The third-order valence-corrected chi connectivity index (χ3v) is 7.97. The molecule has 0 aliphatic carbocycles. The number of piperidine rings is 1. The molecule has 0 radical (unpaired) electrons. The van der Waals surface area contributed by atoms with Gasteiger partial charge in [-0.3, -0.25) is 4.79 Å². The summed E-state index contributed by atoms with van der Waals surface area (Å²) in [4.78, 5) is 23.1. The molecule has 1 aromatic carbocycles. The number of rotatable bonds is 9. The van der Waals surface area contributed by atoms with Gasteiger partial charge in [-0.25, -0.2) is 14.4 Å². The van der Waals surface area contributed by atoms with Crippen molar-refractivity contribution < 1.29 is 18.7 Å². The number of hydrogen-bond acceptors (Lipinski definition) is 8. The van der Waals surface area contributed by atoms with E-state index in [0.29, 0.717) is 34.6 Å². The van der Waals surface area contributed by atoms with Crippen LogP contribution < -0.4 is 20.7 Å². The highest BCUT2D eigenvalue weighted by Gasteiger charge is 2.22. The molecule has 3 aromatic rings. The number of carbonyl (C=O) groups is 1. The van der Waals surface area contributed by atoms with Gasteiger partial charge in [-0.1, -0.05) is 0 Å². The number of carbonyl (C=O) groups excluding carboxylic acids is 1. The molecule has 2 atom stereocenters. The Morgan fingerprint density at radius 2 is 2.25 bits per heavy atom. The molecular weight excluding hydrogens is 481 g/mol. The lowest BCUT2D eigenvalue weighted by Gasteiger charge is -2.25. The molecule has 8 nitrogen and oxygen atoms in total. The van der Waals surface area contributed by atoms with E-state index >= 15 is 0 Å². The predicted molar refractivity (Wildman–Crippen MR) is 139 cm³/mol. The molecular formula is C26H32FN5O3S. The van der Waals surface area contributed by atoms with Crippen LogP contribution in [0.25, 0.3) is 10.2 Å². The highest BCUT2D eigenvalue weighted by Crippen LogP contribution is 2.37. The van der Waals surface area contributed by atoms with Crippen LogP contribution in [0.3, 0.4) is 0 Å². The standard InChI is InChI=1S/C26H32FN5O3S/c1-16-22-24(32-20-7-6-18(27)12-21(20)35-19-5-3-9-28-13-19)30-15-31-26(22)36-23(16)25(33)29-10-2-4-17-8-11-34-14-17/h6-7,12,15,17,19,28H,2-5,8-11,13-14H2,1H3,(H,29,33)(H,30,31,32). The third-order valence-electron chi connectivity index (χ3n) is 6.77. The van der Waals surface area contributed by atoms with Crippen LogP contribution >= 0.6 is 11.3 Å². The number of aryl methyl sites for hydroxylation is 1. The Morgan fingerprint density at radius 1 is 1.33 bits per heavy atom. The van der Waals surface area contributed by atoms with Crippen LogP contribution in [0.2, 0.25) is 0 Å². The number of aromatic nitrogens is 2. The highest BCUT2D eigenvalue weighted by atomic mass is 32.1. The van der Waals surface area contributed by atoms with Gasteiger partial charge in [-0.2, -0.15) is 0 Å². The zero-order chi connectivity index (χ0) is 24.9. The van der Waals surface area contributed by atoms with Gasteiger partial charge < -0.3 is 25.4 Å². The molecule has 0 saturated carbocycles. The number of halogens is 1. The Kier molecular flexibility index (Phi) is 7.93. The minimum Gasteiger partial charge on any atom is -0.487 e. The SMILES string of the molecule is Cc1c(C(=O)NCCCC2CCOC2)sc2ncnc(Nc3ccc(F)cc3OC3CCCNC3)c12. The summed E-state index contributed by atoms with van der Waals surface area (Å²) in [6, 6.07) is 4.44. The number of benzene rings is 1. The van der Waals surface area contributed by atoms with Crippen molar-refractivity contribution in [3.8, 4) is 5.75 Å². The molecule has 36 heavy (non-hydrogen) atoms. The van der Waals surface area contributed by atoms with E-state index in [1.807, 2.05) is 6.92 Å². The van der Waals surface area contributed by atoms with Gasteiger partial charge in [-0.15, -0.1) is 11.3 Å². The van der Waals surface area contributed by atoms with Gasteiger partial charge in [0, 0.05) is 32.4 Å². The molecule has 2 fully saturated rings. The van der Waals surface area contributed by atoms with Crippen molar-refractivity contribution in [2.24, 2.45) is 5.92 Å². The van der Waals surface area contributed by atoms with E-state index < -0.39 is 0 Å². The van der Waals surface area contributed by atoms with E-state index in [-0.39, 0.29) is 17.8 Å². The zero-order valence-corrected chi connectivity index (χ0v) is 21.3. The van der Waals surface area contributed by atoms with E-state index in [2.05, 4.69) is 25.9 Å². The van der Waals surface area contributed by atoms with Gasteiger partial charge in [0.2, 0.25) is 0 Å².